The minimum atomic E-state index is -3.60. The number of rotatable bonds is 5. The first-order valence-corrected chi connectivity index (χ1v) is 14.1. The van der Waals surface area contributed by atoms with Gasteiger partial charge in [-0.05, 0) is 61.1 Å². The van der Waals surface area contributed by atoms with Crippen LogP contribution in [0.3, 0.4) is 0 Å². The van der Waals surface area contributed by atoms with Crippen LogP contribution >= 0.6 is 11.8 Å². The largest absolute Gasteiger partial charge is 0.382 e. The van der Waals surface area contributed by atoms with Gasteiger partial charge in [0.2, 0.25) is 16.0 Å². The van der Waals surface area contributed by atoms with Crippen molar-refractivity contribution in [3.05, 3.63) is 70.0 Å². The summed E-state index contributed by atoms with van der Waals surface area (Å²) in [4.78, 5) is 21.0. The van der Waals surface area contributed by atoms with Gasteiger partial charge in [0.25, 0.3) is 5.56 Å². The molecule has 9 nitrogen and oxygen atoms in total. The topological polar surface area (TPSA) is 136 Å². The van der Waals surface area contributed by atoms with Gasteiger partial charge < -0.3 is 16.4 Å². The third kappa shape index (κ3) is 4.19. The van der Waals surface area contributed by atoms with Crippen molar-refractivity contribution in [1.82, 2.24) is 14.3 Å². The number of piperidine rings is 1. The van der Waals surface area contributed by atoms with Gasteiger partial charge in [-0.1, -0.05) is 42.1 Å². The Labute approximate surface area is 215 Å². The highest BCUT2D eigenvalue weighted by Gasteiger charge is 2.46. The number of anilines is 2. The van der Waals surface area contributed by atoms with E-state index < -0.39 is 10.0 Å². The van der Waals surface area contributed by atoms with Crippen molar-refractivity contribution in [2.24, 2.45) is 18.2 Å². The number of nitrogens with zero attached hydrogens (tertiary/aromatic N) is 3. The van der Waals surface area contributed by atoms with E-state index in [1.165, 1.54) is 34.9 Å². The van der Waals surface area contributed by atoms with Crippen molar-refractivity contribution in [2.75, 3.05) is 30.8 Å². The molecule has 1 aliphatic carbocycles. The van der Waals surface area contributed by atoms with Gasteiger partial charge in [0.05, 0.1) is 4.90 Å². The fraction of sp³-hybridized carbons (Fsp3) is 0.360. The third-order valence-corrected chi connectivity index (χ3v) is 9.98. The quantitative estimate of drug-likeness (QED) is 0.461. The van der Waals surface area contributed by atoms with Gasteiger partial charge in [0, 0.05) is 31.1 Å². The van der Waals surface area contributed by atoms with E-state index in [2.05, 4.69) is 32.8 Å². The molecule has 2 aliphatic rings. The van der Waals surface area contributed by atoms with E-state index in [1.54, 1.807) is 19.2 Å². The summed E-state index contributed by atoms with van der Waals surface area (Å²) in [5.74, 6) is 0.664. The molecule has 1 aromatic heterocycles. The van der Waals surface area contributed by atoms with Crippen molar-refractivity contribution in [3.8, 4) is 0 Å². The molecule has 1 spiro atoms. The van der Waals surface area contributed by atoms with Crippen LogP contribution in [-0.2, 0) is 23.5 Å². The molecule has 1 aliphatic heterocycles. The van der Waals surface area contributed by atoms with Crippen LogP contribution in [0, 0.1) is 5.41 Å². The second-order valence-electron chi connectivity index (χ2n) is 9.48. The maximum Gasteiger partial charge on any atom is 0.270 e. The van der Waals surface area contributed by atoms with Crippen molar-refractivity contribution >= 4 is 33.6 Å². The summed E-state index contributed by atoms with van der Waals surface area (Å²) in [7, 11) is -0.556. The molecule has 11 heteroatoms. The van der Waals surface area contributed by atoms with E-state index in [9.17, 15) is 13.2 Å². The minimum absolute atomic E-state index is 0.0129. The fourth-order valence-electron chi connectivity index (χ4n) is 5.36. The molecule has 1 atom stereocenters. The normalized spacial score (nSPS) is 19.0. The Morgan fingerprint density at radius 1 is 1.14 bits per heavy atom. The molecule has 0 amide bonds. The van der Waals surface area contributed by atoms with E-state index in [-0.39, 0.29) is 32.6 Å². The molecular weight excluding hydrogens is 496 g/mol. The monoisotopic (exact) mass is 526 g/mol. The smallest absolute Gasteiger partial charge is 0.270 e. The number of nitrogens with two attached hydrogens (primary N) is 2. The van der Waals surface area contributed by atoms with Crippen LogP contribution in [0.25, 0.3) is 0 Å². The van der Waals surface area contributed by atoms with Gasteiger partial charge >= 0.3 is 0 Å². The van der Waals surface area contributed by atoms with Crippen molar-refractivity contribution in [3.63, 3.8) is 0 Å². The van der Waals surface area contributed by atoms with Crippen molar-refractivity contribution < 1.29 is 8.42 Å². The zero-order valence-electron chi connectivity index (χ0n) is 20.3. The Morgan fingerprint density at radius 2 is 1.86 bits per heavy atom. The Bertz CT molecular complexity index is 1480. The number of sulfonamides is 1. The number of aromatic nitrogens is 2. The van der Waals surface area contributed by atoms with Gasteiger partial charge in [0.15, 0.2) is 0 Å². The summed E-state index contributed by atoms with van der Waals surface area (Å²) in [5, 5.41) is 0. The number of fused-ring (bicyclic) bond motifs is 1. The molecular formula is C25H30N6O3S2. The second-order valence-corrected chi connectivity index (χ2v) is 12.4. The summed E-state index contributed by atoms with van der Waals surface area (Å²) in [6, 6.07) is 14.8. The Kier molecular flexibility index (Phi) is 6.36. The lowest BCUT2D eigenvalue weighted by molar-refractivity contribution is 0.186. The van der Waals surface area contributed by atoms with Crippen LogP contribution in [0.2, 0.25) is 0 Å². The lowest BCUT2D eigenvalue weighted by Gasteiger charge is -2.42. The van der Waals surface area contributed by atoms with E-state index in [1.807, 2.05) is 6.07 Å². The van der Waals surface area contributed by atoms with E-state index in [4.69, 9.17) is 11.5 Å². The summed E-state index contributed by atoms with van der Waals surface area (Å²) in [6.45, 7) is 1.47. The summed E-state index contributed by atoms with van der Waals surface area (Å²) < 4.78 is 28.1. The number of hydrogen-bond acceptors (Lipinski definition) is 8. The molecule has 5 rings (SSSR count). The molecule has 36 heavy (non-hydrogen) atoms. The number of nitrogens with one attached hydrogen (secondary N) is 1. The molecule has 5 N–H and O–H groups in total. The fourth-order valence-corrected chi connectivity index (χ4v) is 7.16. The first-order valence-electron chi connectivity index (χ1n) is 11.8. The highest BCUT2D eigenvalue weighted by Crippen LogP contribution is 2.50. The van der Waals surface area contributed by atoms with Gasteiger partial charge in [0.1, 0.15) is 10.7 Å². The molecule has 3 aromatic rings. The number of benzene rings is 2. The molecule has 2 aromatic carbocycles. The lowest BCUT2D eigenvalue weighted by Crippen LogP contribution is -2.46. The van der Waals surface area contributed by atoms with Crippen LogP contribution in [0.5, 0.6) is 0 Å². The highest BCUT2D eigenvalue weighted by molar-refractivity contribution is 7.99. The molecule has 1 saturated heterocycles. The lowest BCUT2D eigenvalue weighted by atomic mass is 9.73. The van der Waals surface area contributed by atoms with E-state index in [0.29, 0.717) is 10.8 Å². The van der Waals surface area contributed by atoms with Gasteiger partial charge in [-0.15, -0.1) is 0 Å². The van der Waals surface area contributed by atoms with Crippen LogP contribution < -0.4 is 26.6 Å². The van der Waals surface area contributed by atoms with Gasteiger partial charge in [-0.25, -0.2) is 13.1 Å². The second kappa shape index (κ2) is 9.22. The standard InChI is InChI=1S/C25H30N6O3S2/c1-28-36(33,34)18-8-5-7-17(14-18)35-20-22(27)29-24(30(2)23(20)32)31-12-10-25(11-13-31)15-16-6-3-4-9-19(16)21(25)26/h3-9,14,21,28H,10-13,15,26-27H2,1-2H3/t21-/m1/s1. The van der Waals surface area contributed by atoms with E-state index in [0.717, 1.165) is 44.1 Å². The first-order chi connectivity index (χ1) is 17.1. The molecule has 1 fully saturated rings. The summed E-state index contributed by atoms with van der Waals surface area (Å²) in [5.41, 5.74) is 15.3. The highest BCUT2D eigenvalue weighted by atomic mass is 32.2. The minimum Gasteiger partial charge on any atom is -0.382 e. The maximum atomic E-state index is 13.3. The third-order valence-electron chi connectivity index (χ3n) is 7.49. The maximum absolute atomic E-state index is 13.3. The van der Waals surface area contributed by atoms with E-state index >= 15 is 0 Å². The predicted octanol–water partition coefficient (Wildman–Crippen LogP) is 2.26. The van der Waals surface area contributed by atoms with Crippen LogP contribution in [0.1, 0.15) is 30.0 Å². The molecule has 0 saturated carbocycles. The predicted molar refractivity (Wildman–Crippen MR) is 142 cm³/mol. The number of nitrogen functional groups attached to an aromatic ring is 1. The average molecular weight is 527 g/mol. The number of hydrogen-bond donors (Lipinski definition) is 3. The zero-order chi connectivity index (χ0) is 25.7. The van der Waals surface area contributed by atoms with Gasteiger partial charge in [-0.3, -0.25) is 9.36 Å². The van der Waals surface area contributed by atoms with Crippen molar-refractivity contribution in [1.29, 1.82) is 0 Å². The average Bonchev–Trinajstić information content (AvgIpc) is 3.16. The first kappa shape index (κ1) is 24.8. The Hall–Kier alpha value is -2.86. The summed E-state index contributed by atoms with van der Waals surface area (Å²) >= 11 is 1.11. The molecule has 0 radical (unpaired) electrons. The molecule has 190 valence electrons. The Balaban J connectivity index is 1.37. The van der Waals surface area contributed by atoms with Crippen LogP contribution in [-0.4, -0.2) is 38.1 Å². The van der Waals surface area contributed by atoms with Crippen LogP contribution in [0.15, 0.2) is 68.0 Å². The zero-order valence-corrected chi connectivity index (χ0v) is 21.9. The van der Waals surface area contributed by atoms with Crippen molar-refractivity contribution in [2.45, 2.75) is 40.0 Å². The molecule has 2 heterocycles. The molecule has 0 unspecified atom stereocenters. The Morgan fingerprint density at radius 3 is 2.56 bits per heavy atom. The van der Waals surface area contributed by atoms with Gasteiger partial charge in [-0.2, -0.15) is 4.98 Å². The SMILES string of the molecule is CNS(=O)(=O)c1cccc(Sc2c(N)nc(N3CCC4(CC3)Cc3ccccc3[C@H]4N)n(C)c2=O)c1. The molecule has 0 bridgehead atoms. The summed E-state index contributed by atoms with van der Waals surface area (Å²) in [6.07, 6.45) is 2.79. The van der Waals surface area contributed by atoms with Crippen LogP contribution in [0.4, 0.5) is 11.8 Å².